The number of hydrogen-bond acceptors (Lipinski definition) is 4. The average molecular weight is 393 g/mol. The van der Waals surface area contributed by atoms with E-state index in [-0.39, 0.29) is 24.9 Å². The highest BCUT2D eigenvalue weighted by Crippen LogP contribution is 2.27. The van der Waals surface area contributed by atoms with Gasteiger partial charge in [0.05, 0.1) is 6.54 Å². The normalized spacial score (nSPS) is 19.2. The molecule has 8 heteroatoms. The van der Waals surface area contributed by atoms with Crippen LogP contribution in [0.5, 0.6) is 0 Å². The summed E-state index contributed by atoms with van der Waals surface area (Å²) < 4.78 is 1.39. The number of nitrogens with one attached hydrogen (secondary N) is 1. The smallest absolute Gasteiger partial charge is 0.352 e. The van der Waals surface area contributed by atoms with Gasteiger partial charge in [0.15, 0.2) is 11.8 Å². The Labute approximate surface area is 160 Å². The van der Waals surface area contributed by atoms with Gasteiger partial charge in [-0.2, -0.15) is 14.3 Å². The second kappa shape index (κ2) is 8.05. The van der Waals surface area contributed by atoms with E-state index in [1.54, 1.807) is 18.4 Å². The number of imide groups is 1. The van der Waals surface area contributed by atoms with Crippen molar-refractivity contribution in [1.29, 1.82) is 0 Å². The number of amides is 4. The first-order valence-electron chi connectivity index (χ1n) is 8.34. The van der Waals surface area contributed by atoms with Gasteiger partial charge in [-0.1, -0.05) is 23.7 Å². The average Bonchev–Trinajstić information content (AvgIpc) is 3.11. The van der Waals surface area contributed by atoms with Crippen LogP contribution in [-0.4, -0.2) is 57.9 Å². The second-order valence-electron chi connectivity index (χ2n) is 5.92. The SMILES string of the molecule is CCN1C(=O)C2SC=CC2=[N+](CC(=O)NCCc2ccc(Cl)cc2)C1=O. The maximum atomic E-state index is 12.5. The molecule has 0 radical (unpaired) electrons. The van der Waals surface area contributed by atoms with Crippen LogP contribution in [0.2, 0.25) is 5.02 Å². The van der Waals surface area contributed by atoms with Crippen molar-refractivity contribution in [3.05, 3.63) is 46.3 Å². The molecular weight excluding hydrogens is 374 g/mol. The Morgan fingerprint density at radius 1 is 1.31 bits per heavy atom. The third-order valence-electron chi connectivity index (χ3n) is 4.25. The quantitative estimate of drug-likeness (QED) is 0.752. The predicted molar refractivity (Wildman–Crippen MR) is 102 cm³/mol. The van der Waals surface area contributed by atoms with Crippen LogP contribution in [0.3, 0.4) is 0 Å². The molecule has 136 valence electrons. The first-order chi connectivity index (χ1) is 12.5. The Hall–Kier alpha value is -2.12. The molecule has 6 nitrogen and oxygen atoms in total. The number of fused-ring (bicyclic) bond motifs is 1. The zero-order valence-electron chi connectivity index (χ0n) is 14.3. The van der Waals surface area contributed by atoms with E-state index in [0.717, 1.165) is 5.56 Å². The molecule has 2 aliphatic rings. The largest absolute Gasteiger partial charge is 0.501 e. The van der Waals surface area contributed by atoms with Gasteiger partial charge in [-0.25, -0.2) is 4.79 Å². The molecule has 26 heavy (non-hydrogen) atoms. The third-order valence-corrected chi connectivity index (χ3v) is 5.51. The molecule has 3 rings (SSSR count). The molecule has 1 aromatic carbocycles. The van der Waals surface area contributed by atoms with E-state index in [9.17, 15) is 14.4 Å². The van der Waals surface area contributed by atoms with Crippen molar-refractivity contribution in [2.75, 3.05) is 19.6 Å². The molecule has 1 N–H and O–H groups in total. The lowest BCUT2D eigenvalue weighted by Crippen LogP contribution is -2.56. The van der Waals surface area contributed by atoms with Crippen molar-refractivity contribution in [2.45, 2.75) is 18.6 Å². The molecule has 0 aromatic heterocycles. The lowest BCUT2D eigenvalue weighted by atomic mass is 10.1. The first-order valence-corrected chi connectivity index (χ1v) is 9.66. The number of allylic oxidation sites excluding steroid dienone is 1. The minimum atomic E-state index is -0.441. The lowest BCUT2D eigenvalue weighted by molar-refractivity contribution is -0.426. The van der Waals surface area contributed by atoms with Crippen molar-refractivity contribution < 1.29 is 19.0 Å². The van der Waals surface area contributed by atoms with Crippen molar-refractivity contribution in [3.8, 4) is 0 Å². The maximum Gasteiger partial charge on any atom is 0.501 e. The van der Waals surface area contributed by atoms with Crippen LogP contribution >= 0.6 is 23.4 Å². The Morgan fingerprint density at radius 3 is 2.73 bits per heavy atom. The van der Waals surface area contributed by atoms with Gasteiger partial charge in [-0.3, -0.25) is 4.79 Å². The maximum absolute atomic E-state index is 12.5. The van der Waals surface area contributed by atoms with Gasteiger partial charge in [-0.15, -0.1) is 11.8 Å². The van der Waals surface area contributed by atoms with Crippen LogP contribution in [0, 0.1) is 0 Å². The molecule has 0 saturated carbocycles. The van der Waals surface area contributed by atoms with E-state index in [4.69, 9.17) is 11.6 Å². The number of urea groups is 1. The Morgan fingerprint density at radius 2 is 2.04 bits per heavy atom. The minimum absolute atomic E-state index is 0.0973. The van der Waals surface area contributed by atoms with Crippen LogP contribution in [-0.2, 0) is 16.0 Å². The molecule has 1 unspecified atom stereocenters. The van der Waals surface area contributed by atoms with E-state index in [2.05, 4.69) is 5.32 Å². The fourth-order valence-corrected chi connectivity index (χ4v) is 3.99. The van der Waals surface area contributed by atoms with E-state index in [1.807, 2.05) is 24.3 Å². The molecule has 0 bridgehead atoms. The number of carbonyl (C=O) groups excluding carboxylic acids is 3. The number of rotatable bonds is 6. The fraction of sp³-hybridized carbons (Fsp3) is 0.333. The van der Waals surface area contributed by atoms with Gasteiger partial charge in [0, 0.05) is 11.6 Å². The predicted octanol–water partition coefficient (Wildman–Crippen LogP) is 2.06. The number of thioether (sulfide) groups is 1. The van der Waals surface area contributed by atoms with Crippen molar-refractivity contribution in [2.24, 2.45) is 0 Å². The van der Waals surface area contributed by atoms with E-state index < -0.39 is 11.3 Å². The summed E-state index contributed by atoms with van der Waals surface area (Å²) in [4.78, 5) is 38.3. The van der Waals surface area contributed by atoms with Crippen molar-refractivity contribution >= 4 is 46.9 Å². The molecule has 1 atom stereocenters. The standard InChI is InChI=1S/C18H18ClN3O3S/c1-2-21-17(24)16-14(8-10-26-16)22(18(21)25)11-15(23)20-9-7-12-3-5-13(19)6-4-12/h3-6,8,10,16H,2,7,9,11H2,1H3/p+1. The molecule has 1 aromatic rings. The summed E-state index contributed by atoms with van der Waals surface area (Å²) in [5.41, 5.74) is 1.65. The van der Waals surface area contributed by atoms with E-state index in [0.29, 0.717) is 23.7 Å². The summed E-state index contributed by atoms with van der Waals surface area (Å²) in [7, 11) is 0. The fourth-order valence-electron chi connectivity index (χ4n) is 2.90. The van der Waals surface area contributed by atoms with Crippen molar-refractivity contribution in [3.63, 3.8) is 0 Å². The Kier molecular flexibility index (Phi) is 5.78. The molecular formula is C18H19ClN3O3S+. The monoisotopic (exact) mass is 392 g/mol. The second-order valence-corrected chi connectivity index (χ2v) is 7.37. The Balaban J connectivity index is 1.63. The summed E-state index contributed by atoms with van der Waals surface area (Å²) in [5.74, 6) is -0.476. The summed E-state index contributed by atoms with van der Waals surface area (Å²) in [6.07, 6.45) is 2.41. The number of nitrogens with zero attached hydrogens (tertiary/aromatic N) is 2. The molecule has 2 heterocycles. The molecule has 0 saturated heterocycles. The van der Waals surface area contributed by atoms with Gasteiger partial charge < -0.3 is 5.32 Å². The van der Waals surface area contributed by atoms with E-state index >= 15 is 0 Å². The molecule has 0 aliphatic carbocycles. The van der Waals surface area contributed by atoms with Gasteiger partial charge >= 0.3 is 11.9 Å². The molecule has 0 fully saturated rings. The number of carbonyl (C=O) groups is 3. The minimum Gasteiger partial charge on any atom is -0.352 e. The topological polar surface area (TPSA) is 69.5 Å². The summed E-state index contributed by atoms with van der Waals surface area (Å²) in [5, 5.41) is 4.85. The summed E-state index contributed by atoms with van der Waals surface area (Å²) in [6.45, 7) is 2.40. The highest BCUT2D eigenvalue weighted by molar-refractivity contribution is 8.04. The van der Waals surface area contributed by atoms with Crippen LogP contribution in [0.25, 0.3) is 0 Å². The van der Waals surface area contributed by atoms with Gasteiger partial charge in [0.25, 0.3) is 5.91 Å². The van der Waals surface area contributed by atoms with Gasteiger partial charge in [0.2, 0.25) is 0 Å². The lowest BCUT2D eigenvalue weighted by Gasteiger charge is -2.23. The number of benzene rings is 1. The van der Waals surface area contributed by atoms with Crippen LogP contribution < -0.4 is 5.32 Å². The zero-order valence-corrected chi connectivity index (χ0v) is 15.8. The van der Waals surface area contributed by atoms with Crippen molar-refractivity contribution in [1.82, 2.24) is 10.2 Å². The first kappa shape index (κ1) is 18.7. The van der Waals surface area contributed by atoms with Gasteiger partial charge in [0.1, 0.15) is 5.71 Å². The summed E-state index contributed by atoms with van der Waals surface area (Å²) >= 11 is 7.21. The van der Waals surface area contributed by atoms with Crippen LogP contribution in [0.15, 0.2) is 35.7 Å². The number of hydrogen-bond donors (Lipinski definition) is 1. The highest BCUT2D eigenvalue weighted by Gasteiger charge is 2.48. The molecule has 2 aliphatic heterocycles. The zero-order chi connectivity index (χ0) is 18.7. The number of halogens is 1. The van der Waals surface area contributed by atoms with Crippen LogP contribution in [0.1, 0.15) is 12.5 Å². The molecule has 4 amide bonds. The van der Waals surface area contributed by atoms with Gasteiger partial charge in [-0.05, 0) is 42.5 Å². The Bertz CT molecular complexity index is 804. The van der Waals surface area contributed by atoms with Crippen LogP contribution in [0.4, 0.5) is 4.79 Å². The third kappa shape index (κ3) is 3.83. The van der Waals surface area contributed by atoms with E-state index in [1.165, 1.54) is 21.2 Å². The highest BCUT2D eigenvalue weighted by atomic mass is 35.5. The summed E-state index contributed by atoms with van der Waals surface area (Å²) in [6, 6.07) is 7.00. The molecule has 0 spiro atoms.